The molecule has 0 aliphatic rings. The first-order chi connectivity index (χ1) is 8.77. The third-order valence-electron chi connectivity index (χ3n) is 3.02. The van der Waals surface area contributed by atoms with Crippen molar-refractivity contribution in [1.29, 1.82) is 0 Å². The molecule has 3 nitrogen and oxygen atoms in total. The van der Waals surface area contributed by atoms with Gasteiger partial charge in [0.25, 0.3) is 0 Å². The van der Waals surface area contributed by atoms with E-state index in [1.807, 2.05) is 24.3 Å². The summed E-state index contributed by atoms with van der Waals surface area (Å²) in [5.41, 5.74) is 7.49. The highest BCUT2D eigenvalue weighted by atomic mass is 16.5. The Morgan fingerprint density at radius 3 is 2.50 bits per heavy atom. The Morgan fingerprint density at radius 1 is 1.17 bits per heavy atom. The number of unbranched alkanes of at least 4 members (excludes halogenated alkanes) is 3. The number of benzene rings is 1. The fourth-order valence-corrected chi connectivity index (χ4v) is 1.80. The van der Waals surface area contributed by atoms with Crippen molar-refractivity contribution < 1.29 is 9.84 Å². The predicted molar refractivity (Wildman–Crippen MR) is 74.3 cm³/mol. The SMILES string of the molecule is CCCCCCOCC(O)c1ccc(CN)cc1. The van der Waals surface area contributed by atoms with E-state index in [-0.39, 0.29) is 0 Å². The van der Waals surface area contributed by atoms with Crippen molar-refractivity contribution in [2.24, 2.45) is 5.73 Å². The van der Waals surface area contributed by atoms with Crippen LogP contribution < -0.4 is 5.73 Å². The summed E-state index contributed by atoms with van der Waals surface area (Å²) in [6.45, 7) is 3.83. The van der Waals surface area contributed by atoms with Gasteiger partial charge in [-0.2, -0.15) is 0 Å². The Morgan fingerprint density at radius 2 is 1.89 bits per heavy atom. The lowest BCUT2D eigenvalue weighted by Crippen LogP contribution is -2.08. The molecule has 18 heavy (non-hydrogen) atoms. The van der Waals surface area contributed by atoms with Crippen LogP contribution in [0.2, 0.25) is 0 Å². The standard InChI is InChI=1S/C15H25NO2/c1-2-3-4-5-10-18-12-15(17)14-8-6-13(11-16)7-9-14/h6-9,15,17H,2-5,10-12,16H2,1H3. The van der Waals surface area contributed by atoms with E-state index >= 15 is 0 Å². The van der Waals surface area contributed by atoms with Crippen molar-refractivity contribution in [2.75, 3.05) is 13.2 Å². The van der Waals surface area contributed by atoms with Crippen LogP contribution in [0.15, 0.2) is 24.3 Å². The van der Waals surface area contributed by atoms with E-state index in [0.717, 1.165) is 24.2 Å². The first kappa shape index (κ1) is 15.2. The van der Waals surface area contributed by atoms with Crippen molar-refractivity contribution in [3.05, 3.63) is 35.4 Å². The molecule has 1 aromatic rings. The molecule has 1 aromatic carbocycles. The van der Waals surface area contributed by atoms with E-state index in [2.05, 4.69) is 6.92 Å². The summed E-state index contributed by atoms with van der Waals surface area (Å²) in [4.78, 5) is 0. The Labute approximate surface area is 110 Å². The van der Waals surface area contributed by atoms with Crippen molar-refractivity contribution in [3.8, 4) is 0 Å². The minimum atomic E-state index is -0.539. The lowest BCUT2D eigenvalue weighted by molar-refractivity contribution is 0.0344. The zero-order valence-corrected chi connectivity index (χ0v) is 11.3. The van der Waals surface area contributed by atoms with Gasteiger partial charge in [-0.05, 0) is 17.5 Å². The van der Waals surface area contributed by atoms with Gasteiger partial charge in [-0.1, -0.05) is 50.5 Å². The summed E-state index contributed by atoms with van der Waals surface area (Å²) < 4.78 is 5.48. The third-order valence-corrected chi connectivity index (χ3v) is 3.02. The van der Waals surface area contributed by atoms with Crippen LogP contribution in [0, 0.1) is 0 Å². The van der Waals surface area contributed by atoms with Gasteiger partial charge in [0.1, 0.15) is 6.10 Å². The highest BCUT2D eigenvalue weighted by molar-refractivity contribution is 5.23. The second-order valence-corrected chi connectivity index (χ2v) is 4.60. The molecule has 3 heteroatoms. The minimum absolute atomic E-state index is 0.369. The van der Waals surface area contributed by atoms with E-state index in [1.165, 1.54) is 19.3 Å². The molecule has 1 atom stereocenters. The van der Waals surface area contributed by atoms with Crippen molar-refractivity contribution in [1.82, 2.24) is 0 Å². The average molecular weight is 251 g/mol. The maximum absolute atomic E-state index is 9.93. The summed E-state index contributed by atoms with van der Waals surface area (Å²) in [7, 11) is 0. The number of aliphatic hydroxyl groups excluding tert-OH is 1. The van der Waals surface area contributed by atoms with Gasteiger partial charge in [-0.3, -0.25) is 0 Å². The number of hydrogen-bond acceptors (Lipinski definition) is 3. The van der Waals surface area contributed by atoms with Gasteiger partial charge < -0.3 is 15.6 Å². The molecular formula is C15H25NO2. The van der Waals surface area contributed by atoms with E-state index in [1.54, 1.807) is 0 Å². The van der Waals surface area contributed by atoms with Crippen LogP contribution in [-0.2, 0) is 11.3 Å². The highest BCUT2D eigenvalue weighted by Crippen LogP contribution is 2.14. The van der Waals surface area contributed by atoms with E-state index in [4.69, 9.17) is 10.5 Å². The van der Waals surface area contributed by atoms with Crippen LogP contribution >= 0.6 is 0 Å². The largest absolute Gasteiger partial charge is 0.386 e. The Bertz CT molecular complexity index is 311. The highest BCUT2D eigenvalue weighted by Gasteiger charge is 2.07. The smallest absolute Gasteiger partial charge is 0.102 e. The summed E-state index contributed by atoms with van der Waals surface area (Å²) >= 11 is 0. The minimum Gasteiger partial charge on any atom is -0.386 e. The molecular weight excluding hydrogens is 226 g/mol. The molecule has 0 spiro atoms. The molecule has 0 amide bonds. The van der Waals surface area contributed by atoms with Crippen molar-refractivity contribution >= 4 is 0 Å². The van der Waals surface area contributed by atoms with Crippen LogP contribution in [0.4, 0.5) is 0 Å². The lowest BCUT2D eigenvalue weighted by Gasteiger charge is -2.12. The second-order valence-electron chi connectivity index (χ2n) is 4.60. The number of aliphatic hydroxyl groups is 1. The van der Waals surface area contributed by atoms with Crippen LogP contribution in [0.25, 0.3) is 0 Å². The molecule has 0 aliphatic carbocycles. The monoisotopic (exact) mass is 251 g/mol. The summed E-state index contributed by atoms with van der Waals surface area (Å²) in [5.74, 6) is 0. The first-order valence-electron chi connectivity index (χ1n) is 6.82. The van der Waals surface area contributed by atoms with Gasteiger partial charge in [0.05, 0.1) is 6.61 Å². The maximum atomic E-state index is 9.93. The van der Waals surface area contributed by atoms with Gasteiger partial charge in [-0.15, -0.1) is 0 Å². The topological polar surface area (TPSA) is 55.5 Å². The van der Waals surface area contributed by atoms with E-state index in [0.29, 0.717) is 13.2 Å². The van der Waals surface area contributed by atoms with Gasteiger partial charge in [-0.25, -0.2) is 0 Å². The van der Waals surface area contributed by atoms with Crippen LogP contribution in [0.1, 0.15) is 49.8 Å². The zero-order valence-electron chi connectivity index (χ0n) is 11.3. The molecule has 0 heterocycles. The normalized spacial score (nSPS) is 12.6. The molecule has 1 unspecified atom stereocenters. The maximum Gasteiger partial charge on any atom is 0.102 e. The summed E-state index contributed by atoms with van der Waals surface area (Å²) in [6.07, 6.45) is 4.23. The molecule has 102 valence electrons. The fourth-order valence-electron chi connectivity index (χ4n) is 1.80. The van der Waals surface area contributed by atoms with E-state index in [9.17, 15) is 5.11 Å². The zero-order chi connectivity index (χ0) is 13.2. The van der Waals surface area contributed by atoms with Crippen molar-refractivity contribution in [2.45, 2.75) is 45.3 Å². The molecule has 0 fully saturated rings. The molecule has 3 N–H and O–H groups in total. The Kier molecular flexibility index (Phi) is 7.65. The fraction of sp³-hybridized carbons (Fsp3) is 0.600. The van der Waals surface area contributed by atoms with Crippen LogP contribution in [-0.4, -0.2) is 18.3 Å². The van der Waals surface area contributed by atoms with Crippen molar-refractivity contribution in [3.63, 3.8) is 0 Å². The molecule has 0 aromatic heterocycles. The summed E-state index contributed by atoms with van der Waals surface area (Å²) in [5, 5.41) is 9.93. The Balaban J connectivity index is 2.21. The first-order valence-corrected chi connectivity index (χ1v) is 6.82. The second kappa shape index (κ2) is 9.09. The molecule has 0 saturated heterocycles. The Hall–Kier alpha value is -0.900. The number of ether oxygens (including phenoxy) is 1. The number of nitrogens with two attached hydrogens (primary N) is 1. The number of rotatable bonds is 9. The van der Waals surface area contributed by atoms with Gasteiger partial charge in [0, 0.05) is 13.2 Å². The molecule has 1 rings (SSSR count). The summed E-state index contributed by atoms with van der Waals surface area (Å²) in [6, 6.07) is 7.71. The average Bonchev–Trinajstić information content (AvgIpc) is 2.42. The quantitative estimate of drug-likeness (QED) is 0.664. The van der Waals surface area contributed by atoms with Gasteiger partial charge in [0.2, 0.25) is 0 Å². The van der Waals surface area contributed by atoms with Crippen LogP contribution in [0.3, 0.4) is 0 Å². The number of hydrogen-bond donors (Lipinski definition) is 2. The predicted octanol–water partition coefficient (Wildman–Crippen LogP) is 2.78. The van der Waals surface area contributed by atoms with Gasteiger partial charge >= 0.3 is 0 Å². The van der Waals surface area contributed by atoms with E-state index < -0.39 is 6.10 Å². The molecule has 0 saturated carbocycles. The molecule has 0 radical (unpaired) electrons. The molecule has 0 bridgehead atoms. The van der Waals surface area contributed by atoms with Gasteiger partial charge in [0.15, 0.2) is 0 Å². The molecule has 0 aliphatic heterocycles. The lowest BCUT2D eigenvalue weighted by atomic mass is 10.1. The van der Waals surface area contributed by atoms with Crippen LogP contribution in [0.5, 0.6) is 0 Å². The third kappa shape index (κ3) is 5.63.